The van der Waals surface area contributed by atoms with E-state index in [9.17, 15) is 9.59 Å². The molecule has 120 valence electrons. The van der Waals surface area contributed by atoms with Gasteiger partial charge in [-0.15, -0.1) is 0 Å². The number of ether oxygens (including phenoxy) is 1. The van der Waals surface area contributed by atoms with Crippen molar-refractivity contribution < 1.29 is 14.3 Å². The molecule has 0 bridgehead atoms. The second kappa shape index (κ2) is 6.36. The van der Waals surface area contributed by atoms with Crippen LogP contribution in [0.2, 0.25) is 0 Å². The van der Waals surface area contributed by atoms with Crippen molar-refractivity contribution in [2.24, 2.45) is 0 Å². The minimum atomic E-state index is -0.988. The number of alkyl carbamates (subject to hydrolysis) is 1. The monoisotopic (exact) mass is 305 g/mol. The summed E-state index contributed by atoms with van der Waals surface area (Å²) in [7, 11) is 0. The molecule has 0 saturated carbocycles. The molecule has 3 N–H and O–H groups in total. The van der Waals surface area contributed by atoms with E-state index in [1.807, 2.05) is 18.2 Å². The average molecular weight is 305 g/mol. The molecule has 22 heavy (non-hydrogen) atoms. The lowest BCUT2D eigenvalue weighted by Crippen LogP contribution is -2.59. The van der Waals surface area contributed by atoms with Crippen LogP contribution in [-0.2, 0) is 9.53 Å². The molecule has 1 aromatic rings. The number of hydrogen-bond donors (Lipinski definition) is 3. The lowest BCUT2D eigenvalue weighted by Gasteiger charge is -2.30. The first-order valence-corrected chi connectivity index (χ1v) is 7.39. The van der Waals surface area contributed by atoms with Gasteiger partial charge in [-0.3, -0.25) is 4.79 Å². The summed E-state index contributed by atoms with van der Waals surface area (Å²) in [5, 5.41) is 8.69. The summed E-state index contributed by atoms with van der Waals surface area (Å²) in [6, 6.07) is 9.18. The van der Waals surface area contributed by atoms with Gasteiger partial charge in [-0.1, -0.05) is 18.2 Å². The highest BCUT2D eigenvalue weighted by atomic mass is 16.6. The number of anilines is 1. The van der Waals surface area contributed by atoms with Gasteiger partial charge in [0.25, 0.3) is 5.91 Å². The van der Waals surface area contributed by atoms with E-state index in [0.29, 0.717) is 25.2 Å². The van der Waals surface area contributed by atoms with Crippen molar-refractivity contribution in [1.29, 1.82) is 0 Å². The van der Waals surface area contributed by atoms with Crippen LogP contribution in [0, 0.1) is 0 Å². The number of amides is 2. The van der Waals surface area contributed by atoms with Crippen LogP contribution >= 0.6 is 0 Å². The Bertz CT molecular complexity index is 531. The largest absolute Gasteiger partial charge is 0.444 e. The lowest BCUT2D eigenvalue weighted by atomic mass is 9.97. The maximum atomic E-state index is 12.6. The second-order valence-electron chi connectivity index (χ2n) is 6.46. The van der Waals surface area contributed by atoms with Gasteiger partial charge < -0.3 is 20.7 Å². The van der Waals surface area contributed by atoms with Crippen LogP contribution < -0.4 is 16.0 Å². The van der Waals surface area contributed by atoms with E-state index in [0.717, 1.165) is 0 Å². The summed E-state index contributed by atoms with van der Waals surface area (Å²) < 4.78 is 5.27. The van der Waals surface area contributed by atoms with Gasteiger partial charge in [-0.25, -0.2) is 4.79 Å². The Kier molecular flexibility index (Phi) is 4.71. The standard InChI is InChI=1S/C16H23N3O3/c1-15(2,3)22-14(21)19-16(9-10-17-11-16)13(20)18-12-7-5-4-6-8-12/h4-8,17H,9-11H2,1-3H3,(H,18,20)(H,19,21). The van der Waals surface area contributed by atoms with E-state index >= 15 is 0 Å². The Morgan fingerprint density at radius 2 is 1.91 bits per heavy atom. The molecular weight excluding hydrogens is 282 g/mol. The summed E-state index contributed by atoms with van der Waals surface area (Å²) in [6.45, 7) is 6.41. The lowest BCUT2D eigenvalue weighted by molar-refractivity contribution is -0.121. The fourth-order valence-corrected chi connectivity index (χ4v) is 2.32. The zero-order valence-corrected chi connectivity index (χ0v) is 13.2. The predicted octanol–water partition coefficient (Wildman–Crippen LogP) is 1.88. The quantitative estimate of drug-likeness (QED) is 0.796. The summed E-state index contributed by atoms with van der Waals surface area (Å²) >= 11 is 0. The topological polar surface area (TPSA) is 79.5 Å². The molecule has 2 amide bonds. The van der Waals surface area contributed by atoms with E-state index < -0.39 is 17.2 Å². The minimum Gasteiger partial charge on any atom is -0.444 e. The van der Waals surface area contributed by atoms with Crippen LogP contribution in [0.4, 0.5) is 10.5 Å². The maximum absolute atomic E-state index is 12.6. The molecule has 6 heteroatoms. The normalized spacial score (nSPS) is 21.2. The van der Waals surface area contributed by atoms with Crippen LogP contribution in [0.15, 0.2) is 30.3 Å². The summed E-state index contributed by atoms with van der Waals surface area (Å²) in [6.07, 6.45) is -0.0651. The minimum absolute atomic E-state index is 0.241. The van der Waals surface area contributed by atoms with Gasteiger partial charge in [0.05, 0.1) is 0 Å². The smallest absolute Gasteiger partial charge is 0.408 e. The number of rotatable bonds is 3. The van der Waals surface area contributed by atoms with Crippen LogP contribution in [0.5, 0.6) is 0 Å². The van der Waals surface area contributed by atoms with Gasteiger partial charge in [0, 0.05) is 12.2 Å². The molecule has 0 aromatic heterocycles. The average Bonchev–Trinajstić information content (AvgIpc) is 2.87. The molecule has 0 aliphatic carbocycles. The Labute approximate surface area is 130 Å². The number of carbonyl (C=O) groups is 2. The predicted molar refractivity (Wildman–Crippen MR) is 84.7 cm³/mol. The first-order valence-electron chi connectivity index (χ1n) is 7.39. The molecule has 1 aromatic carbocycles. The van der Waals surface area contributed by atoms with Gasteiger partial charge in [0.1, 0.15) is 11.1 Å². The molecule has 1 atom stereocenters. The highest BCUT2D eigenvalue weighted by Crippen LogP contribution is 2.19. The SMILES string of the molecule is CC(C)(C)OC(=O)NC1(C(=O)Nc2ccccc2)CCNC1. The summed E-state index contributed by atoms with van der Waals surface area (Å²) in [4.78, 5) is 24.7. The van der Waals surface area contributed by atoms with Gasteiger partial charge in [0.2, 0.25) is 0 Å². The number of para-hydroxylation sites is 1. The third-order valence-corrected chi connectivity index (χ3v) is 3.36. The van der Waals surface area contributed by atoms with Crippen LogP contribution in [0.1, 0.15) is 27.2 Å². The highest BCUT2D eigenvalue weighted by Gasteiger charge is 2.43. The molecule has 2 rings (SSSR count). The van der Waals surface area contributed by atoms with Gasteiger partial charge >= 0.3 is 6.09 Å². The molecule has 1 unspecified atom stereocenters. The molecule has 1 saturated heterocycles. The van der Waals surface area contributed by atoms with Crippen molar-refractivity contribution in [3.8, 4) is 0 Å². The number of hydrogen-bond acceptors (Lipinski definition) is 4. The number of benzene rings is 1. The van der Waals surface area contributed by atoms with Crippen LogP contribution in [0.25, 0.3) is 0 Å². The van der Waals surface area contributed by atoms with Crippen molar-refractivity contribution in [1.82, 2.24) is 10.6 Å². The van der Waals surface area contributed by atoms with E-state index in [1.54, 1.807) is 32.9 Å². The summed E-state index contributed by atoms with van der Waals surface area (Å²) in [5.41, 5.74) is -0.893. The van der Waals surface area contributed by atoms with E-state index in [-0.39, 0.29) is 5.91 Å². The Morgan fingerprint density at radius 3 is 2.45 bits per heavy atom. The van der Waals surface area contributed by atoms with Gasteiger partial charge in [-0.2, -0.15) is 0 Å². The maximum Gasteiger partial charge on any atom is 0.408 e. The molecule has 1 heterocycles. The van der Waals surface area contributed by atoms with Crippen molar-refractivity contribution in [3.63, 3.8) is 0 Å². The van der Waals surface area contributed by atoms with E-state index in [4.69, 9.17) is 4.74 Å². The first-order chi connectivity index (χ1) is 10.3. The van der Waals surface area contributed by atoms with Crippen molar-refractivity contribution in [3.05, 3.63) is 30.3 Å². The zero-order valence-electron chi connectivity index (χ0n) is 13.2. The number of nitrogens with one attached hydrogen (secondary N) is 3. The van der Waals surface area contributed by atoms with Crippen molar-refractivity contribution in [2.75, 3.05) is 18.4 Å². The third-order valence-electron chi connectivity index (χ3n) is 3.36. The Balaban J connectivity index is 2.07. The summed E-state index contributed by atoms with van der Waals surface area (Å²) in [5.74, 6) is -0.241. The highest BCUT2D eigenvalue weighted by molar-refractivity contribution is 6.00. The Morgan fingerprint density at radius 1 is 1.23 bits per heavy atom. The molecule has 0 radical (unpaired) electrons. The molecular formula is C16H23N3O3. The number of carbonyl (C=O) groups excluding carboxylic acids is 2. The molecule has 1 fully saturated rings. The van der Waals surface area contributed by atoms with E-state index in [2.05, 4.69) is 16.0 Å². The zero-order chi connectivity index (χ0) is 16.2. The van der Waals surface area contributed by atoms with Gasteiger partial charge in [-0.05, 0) is 45.9 Å². The molecule has 1 aliphatic heterocycles. The van der Waals surface area contributed by atoms with E-state index in [1.165, 1.54) is 0 Å². The molecule has 6 nitrogen and oxygen atoms in total. The van der Waals surface area contributed by atoms with Crippen molar-refractivity contribution >= 4 is 17.7 Å². The molecule has 1 aliphatic rings. The van der Waals surface area contributed by atoms with Crippen molar-refractivity contribution in [2.45, 2.75) is 38.3 Å². The fourth-order valence-electron chi connectivity index (χ4n) is 2.32. The van der Waals surface area contributed by atoms with Gasteiger partial charge in [0.15, 0.2) is 0 Å². The molecule has 0 spiro atoms. The fraction of sp³-hybridized carbons (Fsp3) is 0.500. The second-order valence-corrected chi connectivity index (χ2v) is 6.46. The van der Waals surface area contributed by atoms with Crippen LogP contribution in [0.3, 0.4) is 0 Å². The third kappa shape index (κ3) is 4.21. The first kappa shape index (κ1) is 16.3. The van der Waals surface area contributed by atoms with Crippen LogP contribution in [-0.4, -0.2) is 36.2 Å². The Hall–Kier alpha value is -2.08.